The predicted octanol–water partition coefficient (Wildman–Crippen LogP) is 0.324. The maximum Gasteiger partial charge on any atom is 0.237 e. The van der Waals surface area contributed by atoms with Gasteiger partial charge in [-0.2, -0.15) is 0 Å². The summed E-state index contributed by atoms with van der Waals surface area (Å²) in [5.74, 6) is -0.218. The van der Waals surface area contributed by atoms with Crippen LogP contribution in [0.5, 0.6) is 0 Å². The Bertz CT molecular complexity index is 735. The van der Waals surface area contributed by atoms with Crippen LogP contribution in [0.25, 0.3) is 11.3 Å². The van der Waals surface area contributed by atoms with Crippen molar-refractivity contribution in [1.29, 1.82) is 0 Å². The zero-order valence-electron chi connectivity index (χ0n) is 14.0. The number of nitrogens with one attached hydrogen (secondary N) is 2. The summed E-state index contributed by atoms with van der Waals surface area (Å²) in [5.41, 5.74) is 3.38. The molecule has 0 radical (unpaired) electrons. The number of nitrogens with zero attached hydrogens (tertiary/aromatic N) is 2. The Hall–Kier alpha value is -2.35. The fourth-order valence-electron chi connectivity index (χ4n) is 2.99. The standard InChI is InChI=1S/C18H22N4O3/c1-11-17(20-7-6-19-11)13-4-2-12(3-5-13)16(10-23)22-18(25)15-8-14(24)9-21-15/h2-7,14-16,21,23-24H,8-10H2,1H3,(H,22,25)/t14?,15?,16-/m0/s1. The van der Waals surface area contributed by atoms with E-state index in [0.29, 0.717) is 13.0 Å². The van der Waals surface area contributed by atoms with Crippen LogP contribution in [0.4, 0.5) is 0 Å². The van der Waals surface area contributed by atoms with Crippen LogP contribution in [-0.2, 0) is 4.79 Å². The summed E-state index contributed by atoms with van der Waals surface area (Å²) in [4.78, 5) is 20.8. The van der Waals surface area contributed by atoms with E-state index in [9.17, 15) is 15.0 Å². The summed E-state index contributed by atoms with van der Waals surface area (Å²) in [6.07, 6.45) is 3.18. The molecule has 1 fully saturated rings. The van der Waals surface area contributed by atoms with Gasteiger partial charge in [0.05, 0.1) is 36.2 Å². The van der Waals surface area contributed by atoms with Crippen LogP contribution in [0.1, 0.15) is 23.7 Å². The van der Waals surface area contributed by atoms with Gasteiger partial charge in [0.1, 0.15) is 0 Å². The Morgan fingerprint density at radius 3 is 2.64 bits per heavy atom. The smallest absolute Gasteiger partial charge is 0.237 e. The summed E-state index contributed by atoms with van der Waals surface area (Å²) in [6.45, 7) is 2.11. The highest BCUT2D eigenvalue weighted by Gasteiger charge is 2.29. The van der Waals surface area contributed by atoms with Gasteiger partial charge >= 0.3 is 0 Å². The third-order valence-corrected chi connectivity index (χ3v) is 4.39. The lowest BCUT2D eigenvalue weighted by Crippen LogP contribution is -2.42. The topological polar surface area (TPSA) is 107 Å². The molecule has 2 aromatic rings. The highest BCUT2D eigenvalue weighted by molar-refractivity contribution is 5.82. The lowest BCUT2D eigenvalue weighted by molar-refractivity contribution is -0.124. The second-order valence-corrected chi connectivity index (χ2v) is 6.21. The second kappa shape index (κ2) is 7.69. The highest BCUT2D eigenvalue weighted by atomic mass is 16.3. The molecule has 25 heavy (non-hydrogen) atoms. The fourth-order valence-corrected chi connectivity index (χ4v) is 2.99. The van der Waals surface area contributed by atoms with Crippen LogP contribution in [0.15, 0.2) is 36.7 Å². The van der Waals surface area contributed by atoms with Gasteiger partial charge in [0.15, 0.2) is 0 Å². The minimum absolute atomic E-state index is 0.204. The van der Waals surface area contributed by atoms with Crippen molar-refractivity contribution in [2.45, 2.75) is 31.5 Å². The first-order valence-corrected chi connectivity index (χ1v) is 8.29. The first kappa shape index (κ1) is 17.5. The number of carbonyl (C=O) groups excluding carboxylic acids is 1. The molecule has 7 heteroatoms. The molecule has 132 valence electrons. The Balaban J connectivity index is 1.71. The number of carbonyl (C=O) groups is 1. The van der Waals surface area contributed by atoms with E-state index in [0.717, 1.165) is 22.5 Å². The largest absolute Gasteiger partial charge is 0.394 e. The van der Waals surface area contributed by atoms with Crippen molar-refractivity contribution in [3.8, 4) is 11.3 Å². The Morgan fingerprint density at radius 1 is 1.32 bits per heavy atom. The summed E-state index contributed by atoms with van der Waals surface area (Å²) in [5, 5.41) is 25.0. The number of hydrogen-bond acceptors (Lipinski definition) is 6. The van der Waals surface area contributed by atoms with Crippen molar-refractivity contribution in [2.75, 3.05) is 13.2 Å². The fraction of sp³-hybridized carbons (Fsp3) is 0.389. The van der Waals surface area contributed by atoms with Crippen LogP contribution < -0.4 is 10.6 Å². The minimum atomic E-state index is -0.502. The van der Waals surface area contributed by atoms with Crippen LogP contribution in [0, 0.1) is 6.92 Å². The Morgan fingerprint density at radius 2 is 2.04 bits per heavy atom. The predicted molar refractivity (Wildman–Crippen MR) is 92.6 cm³/mol. The lowest BCUT2D eigenvalue weighted by atomic mass is 10.0. The number of aliphatic hydroxyl groups is 2. The summed E-state index contributed by atoms with van der Waals surface area (Å²) >= 11 is 0. The summed E-state index contributed by atoms with van der Waals surface area (Å²) < 4.78 is 0. The number of rotatable bonds is 5. The molecular formula is C18H22N4O3. The maximum atomic E-state index is 12.3. The minimum Gasteiger partial charge on any atom is -0.394 e. The van der Waals surface area contributed by atoms with Gasteiger partial charge in [0.2, 0.25) is 5.91 Å². The van der Waals surface area contributed by atoms with Crippen molar-refractivity contribution < 1.29 is 15.0 Å². The third-order valence-electron chi connectivity index (χ3n) is 4.39. The molecule has 1 saturated heterocycles. The van der Waals surface area contributed by atoms with Crippen molar-refractivity contribution in [3.05, 3.63) is 47.9 Å². The third kappa shape index (κ3) is 4.01. The van der Waals surface area contributed by atoms with Crippen LogP contribution >= 0.6 is 0 Å². The van der Waals surface area contributed by atoms with Gasteiger partial charge < -0.3 is 20.8 Å². The molecule has 0 saturated carbocycles. The van der Waals surface area contributed by atoms with Gasteiger partial charge in [-0.3, -0.25) is 14.8 Å². The van der Waals surface area contributed by atoms with Crippen molar-refractivity contribution in [1.82, 2.24) is 20.6 Å². The summed E-state index contributed by atoms with van der Waals surface area (Å²) in [7, 11) is 0. The molecule has 2 unspecified atom stereocenters. The van der Waals surface area contributed by atoms with E-state index in [1.165, 1.54) is 0 Å². The van der Waals surface area contributed by atoms with Crippen molar-refractivity contribution >= 4 is 5.91 Å². The molecule has 2 heterocycles. The number of benzene rings is 1. The van der Waals surface area contributed by atoms with Gasteiger partial charge in [-0.05, 0) is 18.9 Å². The molecule has 4 N–H and O–H groups in total. The first-order valence-electron chi connectivity index (χ1n) is 8.29. The average Bonchev–Trinajstić information content (AvgIpc) is 3.07. The monoisotopic (exact) mass is 342 g/mol. The number of aryl methyl sites for hydroxylation is 1. The van der Waals surface area contributed by atoms with Gasteiger partial charge in [-0.1, -0.05) is 24.3 Å². The molecule has 0 spiro atoms. The second-order valence-electron chi connectivity index (χ2n) is 6.21. The normalized spacial score (nSPS) is 21.1. The molecular weight excluding hydrogens is 320 g/mol. The maximum absolute atomic E-state index is 12.3. The Labute approximate surface area is 146 Å². The van der Waals surface area contributed by atoms with E-state index in [-0.39, 0.29) is 12.5 Å². The van der Waals surface area contributed by atoms with Crippen molar-refractivity contribution in [3.63, 3.8) is 0 Å². The first-order chi connectivity index (χ1) is 12.1. The SMILES string of the molecule is Cc1nccnc1-c1ccc([C@H](CO)NC(=O)C2CC(O)CN2)cc1. The number of aromatic nitrogens is 2. The zero-order valence-corrected chi connectivity index (χ0v) is 14.0. The molecule has 1 amide bonds. The molecule has 1 aromatic carbocycles. The van der Waals surface area contributed by atoms with Gasteiger partial charge in [-0.15, -0.1) is 0 Å². The van der Waals surface area contributed by atoms with E-state index in [1.807, 2.05) is 31.2 Å². The van der Waals surface area contributed by atoms with Gasteiger partial charge in [0, 0.05) is 24.5 Å². The molecule has 0 aliphatic carbocycles. The molecule has 0 bridgehead atoms. The number of amides is 1. The molecule has 1 aromatic heterocycles. The van der Waals surface area contributed by atoms with Gasteiger partial charge in [-0.25, -0.2) is 0 Å². The van der Waals surface area contributed by atoms with E-state index < -0.39 is 18.2 Å². The van der Waals surface area contributed by atoms with Crippen molar-refractivity contribution in [2.24, 2.45) is 0 Å². The quantitative estimate of drug-likeness (QED) is 0.624. The van der Waals surface area contributed by atoms with Crippen LogP contribution in [0.2, 0.25) is 0 Å². The zero-order chi connectivity index (χ0) is 17.8. The van der Waals surface area contributed by atoms with Crippen LogP contribution in [-0.4, -0.2) is 51.4 Å². The molecule has 1 aliphatic rings. The Kier molecular flexibility index (Phi) is 5.37. The number of β-amino-alcohol motifs (C(OH)–C–C–N with tert-alkyl or cyclic N) is 1. The molecule has 3 atom stereocenters. The van der Waals surface area contributed by atoms with E-state index in [1.54, 1.807) is 12.4 Å². The van der Waals surface area contributed by atoms with E-state index >= 15 is 0 Å². The lowest BCUT2D eigenvalue weighted by Gasteiger charge is -2.20. The van der Waals surface area contributed by atoms with E-state index in [4.69, 9.17) is 0 Å². The molecule has 3 rings (SSSR count). The molecule has 7 nitrogen and oxygen atoms in total. The van der Waals surface area contributed by atoms with Crippen LogP contribution in [0.3, 0.4) is 0 Å². The average molecular weight is 342 g/mol. The van der Waals surface area contributed by atoms with E-state index in [2.05, 4.69) is 20.6 Å². The number of hydrogen-bond donors (Lipinski definition) is 4. The molecule has 1 aliphatic heterocycles. The van der Waals surface area contributed by atoms with Gasteiger partial charge in [0.25, 0.3) is 0 Å². The summed E-state index contributed by atoms with van der Waals surface area (Å²) in [6, 6.07) is 6.61. The highest BCUT2D eigenvalue weighted by Crippen LogP contribution is 2.22. The number of aliphatic hydroxyl groups excluding tert-OH is 2.